The maximum absolute atomic E-state index is 13.7. The highest BCUT2D eigenvalue weighted by Gasteiger charge is 2.36. The maximum atomic E-state index is 13.7. The summed E-state index contributed by atoms with van der Waals surface area (Å²) in [5, 5.41) is 24.8. The third-order valence-electron chi connectivity index (χ3n) is 8.18. The van der Waals surface area contributed by atoms with Crippen molar-refractivity contribution in [3.63, 3.8) is 0 Å². The minimum absolute atomic E-state index is 0.129. The number of hydrogen-bond donors (Lipinski definition) is 5. The van der Waals surface area contributed by atoms with E-state index in [-0.39, 0.29) is 49.1 Å². The number of carbonyl (C=O) groups excluding carboxylic acids is 3. The number of nitrogens with one attached hydrogen (secondary N) is 2. The zero-order chi connectivity index (χ0) is 32.7. The van der Waals surface area contributed by atoms with Gasteiger partial charge in [0.2, 0.25) is 11.8 Å². The van der Waals surface area contributed by atoms with E-state index >= 15 is 0 Å². The Morgan fingerprint density at radius 2 is 1.64 bits per heavy atom. The van der Waals surface area contributed by atoms with Crippen molar-refractivity contribution in [1.82, 2.24) is 15.5 Å². The molecular weight excluding hydrogens is 579 g/mol. The summed E-state index contributed by atoms with van der Waals surface area (Å²) >= 11 is 0. The number of aryl methyl sites for hydroxylation is 2. The average Bonchev–Trinajstić information content (AvgIpc) is 3.00. The van der Waals surface area contributed by atoms with Crippen LogP contribution in [0.3, 0.4) is 0 Å². The number of halogens is 1. The Kier molecular flexibility index (Phi) is 10.9. The van der Waals surface area contributed by atoms with E-state index in [1.807, 2.05) is 38.1 Å². The predicted octanol–water partition coefficient (Wildman–Crippen LogP) is 3.14. The van der Waals surface area contributed by atoms with Crippen LogP contribution >= 0.6 is 0 Å². The molecule has 1 heterocycles. The second kappa shape index (κ2) is 14.8. The molecule has 1 unspecified atom stereocenters. The molecule has 3 amide bonds. The summed E-state index contributed by atoms with van der Waals surface area (Å²) < 4.78 is 13.1. The number of unbranched alkanes of at least 4 members (excludes halogenated alkanes) is 1. The van der Waals surface area contributed by atoms with Gasteiger partial charge in [-0.05, 0) is 104 Å². The van der Waals surface area contributed by atoms with Gasteiger partial charge in [-0.3, -0.25) is 14.4 Å². The summed E-state index contributed by atoms with van der Waals surface area (Å²) in [5.74, 6) is -2.86. The molecule has 0 bridgehead atoms. The zero-order valence-corrected chi connectivity index (χ0v) is 25.4. The van der Waals surface area contributed by atoms with E-state index in [9.17, 15) is 33.8 Å². The van der Waals surface area contributed by atoms with Gasteiger partial charge in [0.15, 0.2) is 0 Å². The average molecular weight is 619 g/mol. The van der Waals surface area contributed by atoms with Gasteiger partial charge in [-0.25, -0.2) is 9.18 Å². The van der Waals surface area contributed by atoms with Crippen molar-refractivity contribution in [2.75, 3.05) is 6.54 Å². The summed E-state index contributed by atoms with van der Waals surface area (Å²) in [6, 6.07) is 12.9. The Morgan fingerprint density at radius 1 is 1.00 bits per heavy atom. The lowest BCUT2D eigenvalue weighted by atomic mass is 9.91. The van der Waals surface area contributed by atoms with E-state index in [4.69, 9.17) is 5.73 Å². The first kappa shape index (κ1) is 33.1. The molecule has 0 saturated heterocycles. The lowest BCUT2D eigenvalue weighted by molar-refractivity contribution is -0.142. The Hall–Kier alpha value is -4.77. The molecule has 3 aromatic carbocycles. The van der Waals surface area contributed by atoms with Crippen LogP contribution in [0, 0.1) is 19.7 Å². The number of aromatic hydroxyl groups is 1. The van der Waals surface area contributed by atoms with Crippen molar-refractivity contribution >= 4 is 23.7 Å². The van der Waals surface area contributed by atoms with Gasteiger partial charge in [0.25, 0.3) is 5.91 Å². The van der Waals surface area contributed by atoms with Crippen LogP contribution in [0.1, 0.15) is 57.4 Å². The molecule has 45 heavy (non-hydrogen) atoms. The topological polar surface area (TPSA) is 162 Å². The third-order valence-corrected chi connectivity index (χ3v) is 8.18. The Bertz CT molecular complexity index is 1540. The predicted molar refractivity (Wildman–Crippen MR) is 166 cm³/mol. The van der Waals surface area contributed by atoms with Crippen LogP contribution in [0.25, 0.3) is 0 Å². The number of hydrogen-bond acceptors (Lipinski definition) is 6. The van der Waals surface area contributed by atoms with Gasteiger partial charge in [0.05, 0.1) is 6.04 Å². The van der Waals surface area contributed by atoms with Crippen LogP contribution in [0.15, 0.2) is 60.7 Å². The molecule has 3 aromatic rings. The highest BCUT2D eigenvalue weighted by molar-refractivity contribution is 5.96. The minimum atomic E-state index is -1.20. The molecule has 0 spiro atoms. The molecule has 0 aliphatic carbocycles. The van der Waals surface area contributed by atoms with Crippen molar-refractivity contribution in [2.45, 2.75) is 70.6 Å². The van der Waals surface area contributed by atoms with Crippen LogP contribution < -0.4 is 16.4 Å². The number of carboxylic acid groups (broad SMARTS) is 1. The minimum Gasteiger partial charge on any atom is -0.508 e. The quantitative estimate of drug-likeness (QED) is 0.195. The van der Waals surface area contributed by atoms with Crippen molar-refractivity contribution in [3.8, 4) is 5.75 Å². The highest BCUT2D eigenvalue weighted by Crippen LogP contribution is 2.26. The zero-order valence-electron chi connectivity index (χ0n) is 25.4. The smallest absolute Gasteiger partial charge is 0.326 e. The van der Waals surface area contributed by atoms with Gasteiger partial charge in [0.1, 0.15) is 23.7 Å². The molecule has 0 radical (unpaired) electrons. The normalized spacial score (nSPS) is 15.5. The SMILES string of the molecule is Cc1cc(O)cc(C)c1CC(N)C(=O)N1Cc2ccccc2C[C@H]1C(=O)NCCCC[C@H](NC(=O)c1ccc(F)cc1)C(=O)O. The number of nitrogens with zero attached hydrogens (tertiary/aromatic N) is 1. The first-order chi connectivity index (χ1) is 21.4. The first-order valence-electron chi connectivity index (χ1n) is 14.9. The molecule has 10 nitrogen and oxygen atoms in total. The molecule has 6 N–H and O–H groups in total. The van der Waals surface area contributed by atoms with Gasteiger partial charge < -0.3 is 31.5 Å². The fraction of sp³-hybridized carbons (Fsp3) is 0.353. The number of carboxylic acids is 1. The van der Waals surface area contributed by atoms with Crippen LogP contribution in [0.5, 0.6) is 5.75 Å². The van der Waals surface area contributed by atoms with Crippen molar-refractivity contribution in [1.29, 1.82) is 0 Å². The van der Waals surface area contributed by atoms with E-state index in [1.54, 1.807) is 12.1 Å². The van der Waals surface area contributed by atoms with Crippen molar-refractivity contribution in [3.05, 3.63) is 99.9 Å². The van der Waals surface area contributed by atoms with Crippen molar-refractivity contribution < 1.29 is 33.8 Å². The fourth-order valence-corrected chi connectivity index (χ4v) is 5.70. The molecule has 4 rings (SSSR count). The molecule has 0 fully saturated rings. The van der Waals surface area contributed by atoms with Crippen LogP contribution in [0.2, 0.25) is 0 Å². The first-order valence-corrected chi connectivity index (χ1v) is 14.9. The number of nitrogens with two attached hydrogens (primary N) is 1. The van der Waals surface area contributed by atoms with Gasteiger partial charge in [-0.2, -0.15) is 0 Å². The van der Waals surface area contributed by atoms with E-state index in [1.165, 1.54) is 17.0 Å². The summed E-state index contributed by atoms with van der Waals surface area (Å²) in [5.41, 5.74) is 11.0. The maximum Gasteiger partial charge on any atom is 0.326 e. The summed E-state index contributed by atoms with van der Waals surface area (Å²) in [6.07, 6.45) is 1.55. The Labute approximate surface area is 261 Å². The summed E-state index contributed by atoms with van der Waals surface area (Å²) in [4.78, 5) is 52.8. The molecule has 1 aliphatic rings. The largest absolute Gasteiger partial charge is 0.508 e. The van der Waals surface area contributed by atoms with Gasteiger partial charge >= 0.3 is 5.97 Å². The van der Waals surface area contributed by atoms with Gasteiger partial charge in [-0.15, -0.1) is 0 Å². The van der Waals surface area contributed by atoms with E-state index in [2.05, 4.69) is 10.6 Å². The number of benzene rings is 3. The van der Waals surface area contributed by atoms with Crippen molar-refractivity contribution in [2.24, 2.45) is 5.73 Å². The molecule has 11 heteroatoms. The van der Waals surface area contributed by atoms with Crippen LogP contribution in [-0.2, 0) is 33.8 Å². The number of rotatable bonds is 12. The number of phenols is 1. The Morgan fingerprint density at radius 3 is 2.29 bits per heavy atom. The number of aliphatic carboxylic acids is 1. The molecule has 1 aliphatic heterocycles. The molecular formula is C34H39FN4O6. The van der Waals surface area contributed by atoms with Gasteiger partial charge in [-0.1, -0.05) is 24.3 Å². The second-order valence-electron chi connectivity index (χ2n) is 11.5. The van der Waals surface area contributed by atoms with Gasteiger partial charge in [0, 0.05) is 25.1 Å². The number of phenolic OH excluding ortho intramolecular Hbond substituents is 1. The van der Waals surface area contributed by atoms with Crippen LogP contribution in [0.4, 0.5) is 4.39 Å². The van der Waals surface area contributed by atoms with E-state index < -0.39 is 35.8 Å². The molecule has 238 valence electrons. The monoisotopic (exact) mass is 618 g/mol. The molecule has 0 aromatic heterocycles. The number of amides is 3. The van der Waals surface area contributed by atoms with E-state index in [0.717, 1.165) is 39.9 Å². The lowest BCUT2D eigenvalue weighted by Crippen LogP contribution is -2.56. The van der Waals surface area contributed by atoms with Crippen LogP contribution in [-0.4, -0.2) is 63.5 Å². The second-order valence-corrected chi connectivity index (χ2v) is 11.5. The third kappa shape index (κ3) is 8.45. The Balaban J connectivity index is 1.35. The summed E-state index contributed by atoms with van der Waals surface area (Å²) in [7, 11) is 0. The standard InChI is InChI=1S/C34H39FN4O6/c1-20-15-26(40)16-21(2)27(20)18-28(36)33(43)39-19-24-8-4-3-7-23(24)17-30(39)32(42)37-14-6-5-9-29(34(44)45)38-31(41)22-10-12-25(35)13-11-22/h3-4,7-8,10-13,15-16,28-30,40H,5-6,9,14,17-19,36H2,1-2H3,(H,37,42)(H,38,41)(H,44,45)/t28?,29-,30-/m0/s1. The molecule has 0 saturated carbocycles. The number of fused-ring (bicyclic) bond motifs is 1. The van der Waals surface area contributed by atoms with E-state index in [0.29, 0.717) is 19.3 Å². The molecule has 3 atom stereocenters. The highest BCUT2D eigenvalue weighted by atomic mass is 19.1. The lowest BCUT2D eigenvalue weighted by Gasteiger charge is -2.37. The summed E-state index contributed by atoms with van der Waals surface area (Å²) in [6.45, 7) is 4.19. The number of carbonyl (C=O) groups is 4. The fourth-order valence-electron chi connectivity index (χ4n) is 5.70.